The van der Waals surface area contributed by atoms with Crippen LogP contribution >= 0.6 is 15.9 Å². The second kappa shape index (κ2) is 7.28. The maximum Gasteiger partial charge on any atom is 0.325 e. The summed E-state index contributed by atoms with van der Waals surface area (Å²) in [6.07, 6.45) is 0. The Morgan fingerprint density at radius 2 is 2.00 bits per heavy atom. The minimum atomic E-state index is -0.388. The molecule has 0 bridgehead atoms. The maximum absolute atomic E-state index is 12.3. The van der Waals surface area contributed by atoms with Gasteiger partial charge in [-0.3, -0.25) is 9.59 Å². The summed E-state index contributed by atoms with van der Waals surface area (Å²) in [5, 5.41) is 0. The van der Waals surface area contributed by atoms with Gasteiger partial charge in [0.2, 0.25) is 0 Å². The standard InChI is InChI=1S/C14H18BrNO3/c1-4-16(9-13(17)19-5-2)14(18)11-7-6-10(3)8-12(11)15/h6-8H,4-5,9H2,1-3H3. The summed E-state index contributed by atoms with van der Waals surface area (Å²) in [5.41, 5.74) is 1.62. The summed E-state index contributed by atoms with van der Waals surface area (Å²) in [6.45, 7) is 6.28. The summed E-state index contributed by atoms with van der Waals surface area (Å²) < 4.78 is 5.60. The number of nitrogens with zero attached hydrogens (tertiary/aromatic N) is 1. The van der Waals surface area contributed by atoms with E-state index in [1.807, 2.05) is 26.0 Å². The molecular weight excluding hydrogens is 310 g/mol. The highest BCUT2D eigenvalue weighted by Crippen LogP contribution is 2.20. The van der Waals surface area contributed by atoms with E-state index in [4.69, 9.17) is 4.74 Å². The molecule has 0 aliphatic rings. The highest BCUT2D eigenvalue weighted by atomic mass is 79.9. The van der Waals surface area contributed by atoms with Crippen molar-refractivity contribution < 1.29 is 14.3 Å². The predicted molar refractivity (Wildman–Crippen MR) is 77.1 cm³/mol. The molecule has 4 nitrogen and oxygen atoms in total. The second-order valence-electron chi connectivity index (χ2n) is 4.11. The number of benzene rings is 1. The van der Waals surface area contributed by atoms with Crippen LogP contribution in [-0.2, 0) is 9.53 Å². The van der Waals surface area contributed by atoms with Gasteiger partial charge in [-0.15, -0.1) is 0 Å². The van der Waals surface area contributed by atoms with Crippen LogP contribution in [0.25, 0.3) is 0 Å². The van der Waals surface area contributed by atoms with E-state index in [1.54, 1.807) is 13.0 Å². The third-order valence-corrected chi connectivity index (χ3v) is 3.31. The number of carbonyl (C=O) groups excluding carboxylic acids is 2. The highest BCUT2D eigenvalue weighted by Gasteiger charge is 2.19. The van der Waals surface area contributed by atoms with E-state index in [-0.39, 0.29) is 18.4 Å². The number of carbonyl (C=O) groups is 2. The topological polar surface area (TPSA) is 46.6 Å². The van der Waals surface area contributed by atoms with Crippen molar-refractivity contribution in [3.63, 3.8) is 0 Å². The molecule has 0 aliphatic carbocycles. The lowest BCUT2D eigenvalue weighted by Crippen LogP contribution is -2.36. The molecule has 0 spiro atoms. The van der Waals surface area contributed by atoms with Crippen molar-refractivity contribution in [3.05, 3.63) is 33.8 Å². The Bertz CT molecular complexity index is 474. The Morgan fingerprint density at radius 1 is 1.32 bits per heavy atom. The minimum Gasteiger partial charge on any atom is -0.465 e. The van der Waals surface area contributed by atoms with Gasteiger partial charge in [0, 0.05) is 11.0 Å². The molecule has 5 heteroatoms. The minimum absolute atomic E-state index is 0.0243. The average Bonchev–Trinajstić information content (AvgIpc) is 2.35. The number of ether oxygens (including phenoxy) is 1. The number of halogens is 1. The first-order chi connectivity index (χ1) is 8.99. The van der Waals surface area contributed by atoms with Crippen molar-refractivity contribution in [1.82, 2.24) is 4.90 Å². The van der Waals surface area contributed by atoms with E-state index >= 15 is 0 Å². The van der Waals surface area contributed by atoms with Crippen LogP contribution in [0.4, 0.5) is 0 Å². The number of aryl methyl sites for hydroxylation is 1. The number of rotatable bonds is 5. The van der Waals surface area contributed by atoms with Crippen molar-refractivity contribution in [3.8, 4) is 0 Å². The first kappa shape index (κ1) is 15.7. The summed E-state index contributed by atoms with van der Waals surface area (Å²) in [4.78, 5) is 25.3. The predicted octanol–water partition coefficient (Wildman–Crippen LogP) is 2.78. The zero-order valence-corrected chi connectivity index (χ0v) is 13.0. The molecule has 0 aromatic heterocycles. The molecule has 1 amide bonds. The molecule has 0 saturated carbocycles. The average molecular weight is 328 g/mol. The molecule has 0 saturated heterocycles. The Morgan fingerprint density at radius 3 is 2.53 bits per heavy atom. The van der Waals surface area contributed by atoms with Gasteiger partial charge in [0.15, 0.2) is 0 Å². The zero-order chi connectivity index (χ0) is 14.4. The maximum atomic E-state index is 12.3. The van der Waals surface area contributed by atoms with Gasteiger partial charge in [0.1, 0.15) is 6.54 Å². The van der Waals surface area contributed by atoms with Gasteiger partial charge in [-0.05, 0) is 54.4 Å². The van der Waals surface area contributed by atoms with Gasteiger partial charge in [-0.1, -0.05) is 6.07 Å². The van der Waals surface area contributed by atoms with Gasteiger partial charge in [0.05, 0.1) is 12.2 Å². The van der Waals surface area contributed by atoms with Crippen molar-refractivity contribution in [2.24, 2.45) is 0 Å². The molecule has 0 aliphatic heterocycles. The molecule has 1 rings (SSSR count). The molecule has 1 aromatic rings. The van der Waals surface area contributed by atoms with Gasteiger partial charge >= 0.3 is 5.97 Å². The van der Waals surface area contributed by atoms with Crippen molar-refractivity contribution in [2.75, 3.05) is 19.7 Å². The summed E-state index contributed by atoms with van der Waals surface area (Å²) in [6, 6.07) is 5.51. The molecule has 0 atom stereocenters. The van der Waals surface area contributed by atoms with Gasteiger partial charge in [0.25, 0.3) is 5.91 Å². The normalized spacial score (nSPS) is 10.1. The molecule has 104 valence electrons. The first-order valence-corrected chi connectivity index (χ1v) is 6.99. The molecule has 0 fully saturated rings. The third-order valence-electron chi connectivity index (χ3n) is 2.65. The lowest BCUT2D eigenvalue weighted by molar-refractivity contribution is -0.143. The van der Waals surface area contributed by atoms with Crippen molar-refractivity contribution in [1.29, 1.82) is 0 Å². The smallest absolute Gasteiger partial charge is 0.325 e. The van der Waals surface area contributed by atoms with E-state index in [2.05, 4.69) is 15.9 Å². The Labute approximate surface area is 121 Å². The van der Waals surface area contributed by atoms with Crippen LogP contribution in [0.1, 0.15) is 29.8 Å². The number of amides is 1. The van der Waals surface area contributed by atoms with Crippen LogP contribution in [-0.4, -0.2) is 36.5 Å². The van der Waals surface area contributed by atoms with Crippen LogP contribution in [0.5, 0.6) is 0 Å². The lowest BCUT2D eigenvalue weighted by Gasteiger charge is -2.20. The number of esters is 1. The number of likely N-dealkylation sites (N-methyl/N-ethyl adjacent to an activating group) is 1. The van der Waals surface area contributed by atoms with E-state index in [1.165, 1.54) is 4.90 Å². The van der Waals surface area contributed by atoms with Gasteiger partial charge < -0.3 is 9.64 Å². The number of hydrogen-bond donors (Lipinski definition) is 0. The molecule has 0 heterocycles. The largest absolute Gasteiger partial charge is 0.465 e. The van der Waals surface area contributed by atoms with Gasteiger partial charge in [-0.25, -0.2) is 0 Å². The fraction of sp³-hybridized carbons (Fsp3) is 0.429. The third kappa shape index (κ3) is 4.35. The fourth-order valence-corrected chi connectivity index (χ4v) is 2.32. The van der Waals surface area contributed by atoms with Crippen LogP contribution in [0.15, 0.2) is 22.7 Å². The molecule has 19 heavy (non-hydrogen) atoms. The van der Waals surface area contributed by atoms with Crippen LogP contribution in [0, 0.1) is 6.92 Å². The molecule has 0 unspecified atom stereocenters. The molecule has 0 radical (unpaired) electrons. The Kier molecular flexibility index (Phi) is 6.02. The highest BCUT2D eigenvalue weighted by molar-refractivity contribution is 9.10. The summed E-state index contributed by atoms with van der Waals surface area (Å²) in [7, 11) is 0. The van der Waals surface area contributed by atoms with E-state index < -0.39 is 0 Å². The molecule has 1 aromatic carbocycles. The first-order valence-electron chi connectivity index (χ1n) is 6.20. The number of hydrogen-bond acceptors (Lipinski definition) is 3. The van der Waals surface area contributed by atoms with E-state index in [9.17, 15) is 9.59 Å². The molecular formula is C14H18BrNO3. The van der Waals surface area contributed by atoms with Gasteiger partial charge in [-0.2, -0.15) is 0 Å². The Hall–Kier alpha value is -1.36. The summed E-state index contributed by atoms with van der Waals surface area (Å²) in [5.74, 6) is -0.566. The zero-order valence-electron chi connectivity index (χ0n) is 11.4. The van der Waals surface area contributed by atoms with Crippen molar-refractivity contribution in [2.45, 2.75) is 20.8 Å². The molecule has 0 N–H and O–H groups in total. The van der Waals surface area contributed by atoms with Crippen LogP contribution < -0.4 is 0 Å². The SMILES string of the molecule is CCOC(=O)CN(CC)C(=O)c1ccc(C)cc1Br. The van der Waals surface area contributed by atoms with E-state index in [0.717, 1.165) is 10.0 Å². The van der Waals surface area contributed by atoms with E-state index in [0.29, 0.717) is 18.7 Å². The lowest BCUT2D eigenvalue weighted by atomic mass is 10.1. The second-order valence-corrected chi connectivity index (χ2v) is 4.96. The van der Waals surface area contributed by atoms with Crippen LogP contribution in [0.3, 0.4) is 0 Å². The monoisotopic (exact) mass is 327 g/mol. The quantitative estimate of drug-likeness (QED) is 0.781. The van der Waals surface area contributed by atoms with Crippen LogP contribution in [0.2, 0.25) is 0 Å². The van der Waals surface area contributed by atoms with Crippen molar-refractivity contribution >= 4 is 27.8 Å². The fourth-order valence-electron chi connectivity index (χ4n) is 1.65. The Balaban J connectivity index is 2.86. The summed E-state index contributed by atoms with van der Waals surface area (Å²) >= 11 is 3.38.